The van der Waals surface area contributed by atoms with E-state index in [1.807, 2.05) is 24.3 Å². The summed E-state index contributed by atoms with van der Waals surface area (Å²) in [6.45, 7) is 4.14. The zero-order valence-electron chi connectivity index (χ0n) is 11.0. The molecule has 1 rings (SSSR count). The van der Waals surface area contributed by atoms with E-state index in [0.29, 0.717) is 0 Å². The van der Waals surface area contributed by atoms with Crippen LogP contribution in [-0.4, -0.2) is 17.6 Å². The number of amidine groups is 1. The topological polar surface area (TPSA) is 70.6 Å². The SMILES string of the molecule is CCCCCCNCc1ccc(C(N)=NO)cc1. The van der Waals surface area contributed by atoms with Crippen molar-refractivity contribution in [2.24, 2.45) is 10.9 Å². The lowest BCUT2D eigenvalue weighted by atomic mass is 10.1. The van der Waals surface area contributed by atoms with Crippen LogP contribution in [0.1, 0.15) is 43.7 Å². The van der Waals surface area contributed by atoms with Gasteiger partial charge < -0.3 is 16.3 Å². The zero-order chi connectivity index (χ0) is 13.2. The Labute approximate surface area is 109 Å². The maximum absolute atomic E-state index is 8.55. The summed E-state index contributed by atoms with van der Waals surface area (Å²) in [5, 5.41) is 14.9. The molecule has 0 saturated heterocycles. The van der Waals surface area contributed by atoms with Crippen molar-refractivity contribution in [1.82, 2.24) is 5.32 Å². The summed E-state index contributed by atoms with van der Waals surface area (Å²) in [7, 11) is 0. The number of unbranched alkanes of at least 4 members (excludes halogenated alkanes) is 3. The van der Waals surface area contributed by atoms with Crippen molar-refractivity contribution in [3.8, 4) is 0 Å². The number of benzene rings is 1. The largest absolute Gasteiger partial charge is 0.409 e. The molecular weight excluding hydrogens is 226 g/mol. The first-order valence-corrected chi connectivity index (χ1v) is 6.55. The van der Waals surface area contributed by atoms with Crippen molar-refractivity contribution < 1.29 is 5.21 Å². The molecule has 0 amide bonds. The molecule has 0 fully saturated rings. The van der Waals surface area contributed by atoms with Crippen LogP contribution in [0.3, 0.4) is 0 Å². The zero-order valence-corrected chi connectivity index (χ0v) is 11.0. The van der Waals surface area contributed by atoms with Crippen molar-refractivity contribution >= 4 is 5.84 Å². The van der Waals surface area contributed by atoms with Gasteiger partial charge in [-0.05, 0) is 18.5 Å². The molecule has 4 N–H and O–H groups in total. The lowest BCUT2D eigenvalue weighted by Gasteiger charge is -2.05. The van der Waals surface area contributed by atoms with Gasteiger partial charge in [-0.2, -0.15) is 0 Å². The first-order chi connectivity index (χ1) is 8.77. The molecule has 0 aliphatic rings. The van der Waals surface area contributed by atoms with Gasteiger partial charge in [0.2, 0.25) is 0 Å². The Morgan fingerprint density at radius 3 is 2.56 bits per heavy atom. The summed E-state index contributed by atoms with van der Waals surface area (Å²) in [5.41, 5.74) is 7.45. The molecule has 4 heteroatoms. The molecule has 100 valence electrons. The summed E-state index contributed by atoms with van der Waals surface area (Å²) >= 11 is 0. The van der Waals surface area contributed by atoms with Crippen LogP contribution in [-0.2, 0) is 6.54 Å². The summed E-state index contributed by atoms with van der Waals surface area (Å²) in [5.74, 6) is 0.147. The predicted molar refractivity (Wildman–Crippen MR) is 74.8 cm³/mol. The van der Waals surface area contributed by atoms with Gasteiger partial charge in [0, 0.05) is 12.1 Å². The minimum absolute atomic E-state index is 0.147. The molecule has 0 aromatic heterocycles. The summed E-state index contributed by atoms with van der Waals surface area (Å²) in [6, 6.07) is 7.71. The molecule has 4 nitrogen and oxygen atoms in total. The number of nitrogens with two attached hydrogens (primary N) is 1. The molecule has 0 bridgehead atoms. The Balaban J connectivity index is 2.27. The van der Waals surface area contributed by atoms with Gasteiger partial charge in [-0.3, -0.25) is 0 Å². The van der Waals surface area contributed by atoms with E-state index in [2.05, 4.69) is 17.4 Å². The van der Waals surface area contributed by atoms with Gasteiger partial charge in [-0.25, -0.2) is 0 Å². The molecule has 0 spiro atoms. The third-order valence-corrected chi connectivity index (χ3v) is 2.89. The van der Waals surface area contributed by atoms with E-state index in [-0.39, 0.29) is 5.84 Å². The molecule has 0 saturated carbocycles. The highest BCUT2D eigenvalue weighted by molar-refractivity contribution is 5.96. The van der Waals surface area contributed by atoms with Crippen LogP contribution in [0.25, 0.3) is 0 Å². The van der Waals surface area contributed by atoms with Crippen LogP contribution in [0.4, 0.5) is 0 Å². The van der Waals surface area contributed by atoms with Gasteiger partial charge >= 0.3 is 0 Å². The molecule has 0 heterocycles. The normalized spacial score (nSPS) is 11.7. The molecular formula is C14H23N3O. The van der Waals surface area contributed by atoms with Crippen LogP contribution in [0, 0.1) is 0 Å². The number of nitrogens with one attached hydrogen (secondary N) is 1. The van der Waals surface area contributed by atoms with Gasteiger partial charge in [0.15, 0.2) is 5.84 Å². The Hall–Kier alpha value is -1.55. The van der Waals surface area contributed by atoms with Gasteiger partial charge in [0.1, 0.15) is 0 Å². The molecule has 1 aromatic carbocycles. The van der Waals surface area contributed by atoms with Crippen LogP contribution in [0.15, 0.2) is 29.4 Å². The first-order valence-electron chi connectivity index (χ1n) is 6.55. The second kappa shape index (κ2) is 8.53. The van der Waals surface area contributed by atoms with Crippen LogP contribution >= 0.6 is 0 Å². The third-order valence-electron chi connectivity index (χ3n) is 2.89. The van der Waals surface area contributed by atoms with Crippen LogP contribution in [0.5, 0.6) is 0 Å². The first kappa shape index (κ1) is 14.5. The highest BCUT2D eigenvalue weighted by Gasteiger charge is 1.98. The van der Waals surface area contributed by atoms with Gasteiger partial charge in [0.05, 0.1) is 0 Å². The fraction of sp³-hybridized carbons (Fsp3) is 0.500. The van der Waals surface area contributed by atoms with Gasteiger partial charge in [-0.15, -0.1) is 0 Å². The molecule has 0 aliphatic carbocycles. The fourth-order valence-electron chi connectivity index (χ4n) is 1.76. The Morgan fingerprint density at radius 1 is 1.22 bits per heavy atom. The number of hydrogen-bond donors (Lipinski definition) is 3. The van der Waals surface area contributed by atoms with E-state index < -0.39 is 0 Å². The van der Waals surface area contributed by atoms with Crippen LogP contribution in [0.2, 0.25) is 0 Å². The van der Waals surface area contributed by atoms with Crippen molar-refractivity contribution in [3.05, 3.63) is 35.4 Å². The van der Waals surface area contributed by atoms with Crippen molar-refractivity contribution in [3.63, 3.8) is 0 Å². The van der Waals surface area contributed by atoms with Crippen molar-refractivity contribution in [1.29, 1.82) is 0 Å². The average Bonchev–Trinajstić information content (AvgIpc) is 2.42. The second-order valence-electron chi connectivity index (χ2n) is 4.42. The van der Waals surface area contributed by atoms with E-state index >= 15 is 0 Å². The average molecular weight is 249 g/mol. The summed E-state index contributed by atoms with van der Waals surface area (Å²) in [6.07, 6.45) is 5.12. The maximum Gasteiger partial charge on any atom is 0.170 e. The lowest BCUT2D eigenvalue weighted by molar-refractivity contribution is 0.318. The van der Waals surface area contributed by atoms with E-state index in [1.165, 1.54) is 31.2 Å². The monoisotopic (exact) mass is 249 g/mol. The van der Waals surface area contributed by atoms with Gasteiger partial charge in [0.25, 0.3) is 0 Å². The fourth-order valence-corrected chi connectivity index (χ4v) is 1.76. The Kier molecular flexibility index (Phi) is 6.87. The standard InChI is InChI=1S/C14H23N3O/c1-2-3-4-5-10-16-11-12-6-8-13(9-7-12)14(15)17-18/h6-9,16,18H,2-5,10-11H2,1H3,(H2,15,17). The minimum Gasteiger partial charge on any atom is -0.409 e. The highest BCUT2D eigenvalue weighted by Crippen LogP contribution is 2.04. The maximum atomic E-state index is 8.55. The number of oxime groups is 1. The summed E-state index contributed by atoms with van der Waals surface area (Å²) < 4.78 is 0. The Morgan fingerprint density at radius 2 is 1.94 bits per heavy atom. The molecule has 18 heavy (non-hydrogen) atoms. The molecule has 0 atom stereocenters. The number of rotatable bonds is 8. The van der Waals surface area contributed by atoms with E-state index in [9.17, 15) is 0 Å². The molecule has 1 aromatic rings. The van der Waals surface area contributed by atoms with Crippen LogP contribution < -0.4 is 11.1 Å². The minimum atomic E-state index is 0.147. The smallest absolute Gasteiger partial charge is 0.170 e. The van der Waals surface area contributed by atoms with E-state index in [0.717, 1.165) is 18.7 Å². The lowest BCUT2D eigenvalue weighted by Crippen LogP contribution is -2.15. The molecule has 0 unspecified atom stereocenters. The highest BCUT2D eigenvalue weighted by atomic mass is 16.4. The molecule has 0 aliphatic heterocycles. The quantitative estimate of drug-likeness (QED) is 0.218. The van der Waals surface area contributed by atoms with E-state index in [1.54, 1.807) is 0 Å². The van der Waals surface area contributed by atoms with Crippen molar-refractivity contribution in [2.75, 3.05) is 6.54 Å². The summed E-state index contributed by atoms with van der Waals surface area (Å²) in [4.78, 5) is 0. The Bertz CT molecular complexity index is 360. The van der Waals surface area contributed by atoms with Gasteiger partial charge in [-0.1, -0.05) is 55.6 Å². The number of nitrogens with zero attached hydrogens (tertiary/aromatic N) is 1. The van der Waals surface area contributed by atoms with Crippen molar-refractivity contribution in [2.45, 2.75) is 39.2 Å². The second-order valence-corrected chi connectivity index (χ2v) is 4.42. The van der Waals surface area contributed by atoms with E-state index in [4.69, 9.17) is 10.9 Å². The molecule has 0 radical (unpaired) electrons. The predicted octanol–water partition coefficient (Wildman–Crippen LogP) is 2.45. The number of hydrogen-bond acceptors (Lipinski definition) is 3. The third kappa shape index (κ3) is 5.19.